The van der Waals surface area contributed by atoms with Crippen LogP contribution in [-0.4, -0.2) is 89.7 Å². The Morgan fingerprint density at radius 3 is 2.59 bits per heavy atom. The van der Waals surface area contributed by atoms with Crippen LogP contribution >= 0.6 is 0 Å². The molecule has 9 nitrogen and oxygen atoms in total. The van der Waals surface area contributed by atoms with Gasteiger partial charge in [-0.2, -0.15) is 9.97 Å². The molecule has 0 aliphatic carbocycles. The average molecular weight is 557 g/mol. The van der Waals surface area contributed by atoms with Crippen LogP contribution in [0.4, 0.5) is 11.5 Å². The largest absolute Gasteiger partial charge is 0.508 e. The molecule has 0 saturated carbocycles. The zero-order valence-electron chi connectivity index (χ0n) is 23.8. The van der Waals surface area contributed by atoms with Crippen molar-refractivity contribution in [2.45, 2.75) is 38.6 Å². The highest BCUT2D eigenvalue weighted by molar-refractivity contribution is 5.95. The summed E-state index contributed by atoms with van der Waals surface area (Å²) in [6.07, 6.45) is 7.03. The van der Waals surface area contributed by atoms with Crippen LogP contribution in [0.25, 0.3) is 10.8 Å². The van der Waals surface area contributed by atoms with Crippen LogP contribution in [0.3, 0.4) is 0 Å². The topological polar surface area (TPSA) is 85.3 Å². The second-order valence-electron chi connectivity index (χ2n) is 11.2. The summed E-state index contributed by atoms with van der Waals surface area (Å²) in [6, 6.07) is 12.2. The number of phenols is 1. The van der Waals surface area contributed by atoms with E-state index in [0.717, 1.165) is 59.5 Å². The number of carbonyl (C=O) groups is 1. The zero-order chi connectivity index (χ0) is 28.2. The van der Waals surface area contributed by atoms with Crippen molar-refractivity contribution in [2.75, 3.05) is 68.8 Å². The van der Waals surface area contributed by atoms with E-state index >= 15 is 0 Å². The van der Waals surface area contributed by atoms with Gasteiger partial charge in [0.1, 0.15) is 11.6 Å². The van der Waals surface area contributed by atoms with E-state index in [-0.39, 0.29) is 11.7 Å². The van der Waals surface area contributed by atoms with Crippen LogP contribution in [0.5, 0.6) is 11.8 Å². The third-order valence-corrected chi connectivity index (χ3v) is 8.55. The molecule has 2 aromatic carbocycles. The predicted octanol–water partition coefficient (Wildman–Crippen LogP) is 3.99. The number of ether oxygens (including phenoxy) is 1. The number of aromatic nitrogens is 2. The minimum Gasteiger partial charge on any atom is -0.508 e. The fourth-order valence-electron chi connectivity index (χ4n) is 6.36. The lowest BCUT2D eigenvalue weighted by molar-refractivity contribution is -0.126. The molecule has 0 unspecified atom stereocenters. The summed E-state index contributed by atoms with van der Waals surface area (Å²) in [5.41, 5.74) is 3.12. The SMILES string of the molecule is C=CC(=O)N1CCN(c2nc(OCCCN3CCCCC3)nc3c2CCN(c2cc(O)cc4ccccc24)C3)CC1. The number of piperazine rings is 1. The van der Waals surface area contributed by atoms with Gasteiger partial charge in [-0.05, 0) is 56.3 Å². The third kappa shape index (κ3) is 6.10. The van der Waals surface area contributed by atoms with Crippen LogP contribution in [0.15, 0.2) is 49.1 Å². The summed E-state index contributed by atoms with van der Waals surface area (Å²) in [4.78, 5) is 31.0. The smallest absolute Gasteiger partial charge is 0.318 e. The molecule has 2 fully saturated rings. The quantitative estimate of drug-likeness (QED) is 0.330. The van der Waals surface area contributed by atoms with Crippen molar-refractivity contribution in [3.63, 3.8) is 0 Å². The van der Waals surface area contributed by atoms with E-state index in [9.17, 15) is 9.90 Å². The summed E-state index contributed by atoms with van der Waals surface area (Å²) in [7, 11) is 0. The van der Waals surface area contributed by atoms with Crippen molar-refractivity contribution >= 4 is 28.2 Å². The molecule has 0 atom stereocenters. The Balaban J connectivity index is 1.24. The van der Waals surface area contributed by atoms with Gasteiger partial charge < -0.3 is 29.4 Å². The summed E-state index contributed by atoms with van der Waals surface area (Å²) in [5, 5.41) is 12.6. The molecule has 3 aliphatic heterocycles. The molecule has 41 heavy (non-hydrogen) atoms. The first kappa shape index (κ1) is 27.3. The number of hydrogen-bond acceptors (Lipinski definition) is 8. The monoisotopic (exact) mass is 556 g/mol. The van der Waals surface area contributed by atoms with Gasteiger partial charge in [-0.1, -0.05) is 37.3 Å². The van der Waals surface area contributed by atoms with Crippen molar-refractivity contribution in [1.29, 1.82) is 0 Å². The van der Waals surface area contributed by atoms with Gasteiger partial charge in [-0.15, -0.1) is 0 Å². The molecular formula is C32H40N6O3. The van der Waals surface area contributed by atoms with E-state index in [0.29, 0.717) is 45.3 Å². The minimum atomic E-state index is -0.0268. The molecule has 4 heterocycles. The Morgan fingerprint density at radius 1 is 0.976 bits per heavy atom. The molecule has 0 spiro atoms. The van der Waals surface area contributed by atoms with Crippen LogP contribution in [0.2, 0.25) is 0 Å². The van der Waals surface area contributed by atoms with Gasteiger partial charge in [0.25, 0.3) is 0 Å². The molecule has 2 saturated heterocycles. The Kier molecular flexibility index (Phi) is 8.23. The summed E-state index contributed by atoms with van der Waals surface area (Å²) >= 11 is 0. The number of rotatable bonds is 8. The number of phenolic OH excluding ortho intramolecular Hbond substituents is 1. The molecule has 9 heteroatoms. The number of hydrogen-bond donors (Lipinski definition) is 1. The first-order valence-corrected chi connectivity index (χ1v) is 15.0. The molecule has 3 aromatic rings. The van der Waals surface area contributed by atoms with Gasteiger partial charge in [-0.3, -0.25) is 4.79 Å². The Labute approximate surface area is 242 Å². The summed E-state index contributed by atoms with van der Waals surface area (Å²) in [5.74, 6) is 1.16. The first-order valence-electron chi connectivity index (χ1n) is 15.0. The maximum Gasteiger partial charge on any atom is 0.318 e. The normalized spacial score (nSPS) is 17.9. The van der Waals surface area contributed by atoms with Crippen molar-refractivity contribution in [2.24, 2.45) is 0 Å². The fraction of sp³-hybridized carbons (Fsp3) is 0.469. The number of aromatic hydroxyl groups is 1. The first-order chi connectivity index (χ1) is 20.1. The average Bonchev–Trinajstić information content (AvgIpc) is 3.02. The number of carbonyl (C=O) groups excluding carboxylic acids is 1. The van der Waals surface area contributed by atoms with Gasteiger partial charge in [0.15, 0.2) is 0 Å². The number of benzene rings is 2. The molecular weight excluding hydrogens is 516 g/mol. The highest BCUT2D eigenvalue weighted by Gasteiger charge is 2.29. The van der Waals surface area contributed by atoms with Gasteiger partial charge in [0.2, 0.25) is 5.91 Å². The van der Waals surface area contributed by atoms with E-state index in [1.54, 1.807) is 0 Å². The van der Waals surface area contributed by atoms with E-state index in [2.05, 4.69) is 27.3 Å². The predicted molar refractivity (Wildman–Crippen MR) is 162 cm³/mol. The third-order valence-electron chi connectivity index (χ3n) is 8.55. The maximum absolute atomic E-state index is 12.2. The highest BCUT2D eigenvalue weighted by Crippen LogP contribution is 2.36. The maximum atomic E-state index is 12.2. The minimum absolute atomic E-state index is 0.0268. The van der Waals surface area contributed by atoms with E-state index in [1.807, 2.05) is 35.2 Å². The summed E-state index contributed by atoms with van der Waals surface area (Å²) in [6.45, 7) is 11.7. The second kappa shape index (κ2) is 12.3. The molecule has 216 valence electrons. The lowest BCUT2D eigenvalue weighted by Crippen LogP contribution is -2.49. The number of piperidine rings is 1. The van der Waals surface area contributed by atoms with Gasteiger partial charge in [0.05, 0.1) is 18.8 Å². The van der Waals surface area contributed by atoms with E-state index < -0.39 is 0 Å². The molecule has 3 aliphatic rings. The standard InChI is InChI=1S/C32H40N6O3/c1-2-30(40)36-16-18-37(19-17-36)31-27-11-15-38(29-22-25(39)21-24-9-4-5-10-26(24)29)23-28(27)33-32(34-31)41-20-8-14-35-12-6-3-7-13-35/h2,4-5,9-10,21-22,39H,1,3,6-8,11-20,23H2. The number of fused-ring (bicyclic) bond motifs is 2. The molecule has 1 amide bonds. The number of likely N-dealkylation sites (tertiary alicyclic amines) is 1. The number of amides is 1. The molecule has 6 rings (SSSR count). The number of anilines is 2. The van der Waals surface area contributed by atoms with Gasteiger partial charge in [0, 0.05) is 62.0 Å². The van der Waals surface area contributed by atoms with Crippen LogP contribution in [-0.2, 0) is 17.8 Å². The molecule has 0 radical (unpaired) electrons. The second-order valence-corrected chi connectivity index (χ2v) is 11.2. The lowest BCUT2D eigenvalue weighted by atomic mass is 10.0. The van der Waals surface area contributed by atoms with Crippen LogP contribution in [0.1, 0.15) is 36.9 Å². The lowest BCUT2D eigenvalue weighted by Gasteiger charge is -2.38. The Hall–Kier alpha value is -3.85. The van der Waals surface area contributed by atoms with E-state index in [1.165, 1.54) is 38.4 Å². The molecule has 1 aromatic heterocycles. The van der Waals surface area contributed by atoms with Gasteiger partial charge in [-0.25, -0.2) is 0 Å². The van der Waals surface area contributed by atoms with Crippen molar-refractivity contribution in [3.8, 4) is 11.8 Å². The Morgan fingerprint density at radius 2 is 1.78 bits per heavy atom. The van der Waals surface area contributed by atoms with Crippen molar-refractivity contribution < 1.29 is 14.6 Å². The molecule has 1 N–H and O–H groups in total. The highest BCUT2D eigenvalue weighted by atomic mass is 16.5. The van der Waals surface area contributed by atoms with Crippen molar-refractivity contribution in [3.05, 3.63) is 60.3 Å². The van der Waals surface area contributed by atoms with Crippen molar-refractivity contribution in [1.82, 2.24) is 19.8 Å². The van der Waals surface area contributed by atoms with Crippen LogP contribution < -0.4 is 14.5 Å². The zero-order valence-corrected chi connectivity index (χ0v) is 23.8. The Bertz CT molecular complexity index is 1400. The fourth-order valence-corrected chi connectivity index (χ4v) is 6.36. The van der Waals surface area contributed by atoms with Gasteiger partial charge >= 0.3 is 6.01 Å². The van der Waals surface area contributed by atoms with Crippen LogP contribution in [0, 0.1) is 0 Å². The summed E-state index contributed by atoms with van der Waals surface area (Å²) < 4.78 is 6.19. The molecule has 0 bridgehead atoms. The van der Waals surface area contributed by atoms with E-state index in [4.69, 9.17) is 14.7 Å². The number of nitrogens with zero attached hydrogens (tertiary/aromatic N) is 6.